The highest BCUT2D eigenvalue weighted by Crippen LogP contribution is 2.39. The molecule has 224 valence electrons. The normalized spacial score (nSPS) is 14.4. The van der Waals surface area contributed by atoms with Crippen LogP contribution in [0.25, 0.3) is 0 Å². The summed E-state index contributed by atoms with van der Waals surface area (Å²) in [5.41, 5.74) is -0.784. The lowest BCUT2D eigenvalue weighted by atomic mass is 10.2. The highest BCUT2D eigenvalue weighted by Gasteiger charge is 2.62. The Balaban J connectivity index is 1.95. The largest absolute Gasteiger partial charge is 0.745 e. The zero-order valence-corrected chi connectivity index (χ0v) is 25.0. The number of hydrogen-bond donors (Lipinski definition) is 0. The van der Waals surface area contributed by atoms with Gasteiger partial charge in [-0.1, -0.05) is 0 Å². The van der Waals surface area contributed by atoms with E-state index < -0.39 is 50.0 Å². The van der Waals surface area contributed by atoms with Crippen LogP contribution in [0.3, 0.4) is 0 Å². The molecule has 3 aromatic carbocycles. The number of halogens is 4. The fourth-order valence-electron chi connectivity index (χ4n) is 3.55. The molecule has 0 saturated carbocycles. The van der Waals surface area contributed by atoms with Crippen LogP contribution in [0.4, 0.5) is 17.6 Å². The minimum Gasteiger partial charge on any atom is -0.745 e. The Labute approximate surface area is 240 Å². The van der Waals surface area contributed by atoms with Crippen molar-refractivity contribution in [3.63, 3.8) is 0 Å². The summed E-state index contributed by atoms with van der Waals surface area (Å²) in [7, 11) is -7.10. The van der Waals surface area contributed by atoms with Crippen LogP contribution in [0.2, 0.25) is 0 Å². The third-order valence-electron chi connectivity index (χ3n) is 5.27. The lowest BCUT2D eigenvalue weighted by Crippen LogP contribution is -2.52. The van der Waals surface area contributed by atoms with Crippen LogP contribution >= 0.6 is 0 Å². The summed E-state index contributed by atoms with van der Waals surface area (Å²) < 4.78 is 103. The van der Waals surface area contributed by atoms with E-state index in [-0.39, 0.29) is 5.75 Å². The van der Waals surface area contributed by atoms with Crippen molar-refractivity contribution in [1.82, 2.24) is 0 Å². The molecule has 0 aliphatic rings. The van der Waals surface area contributed by atoms with Crippen molar-refractivity contribution in [3.05, 3.63) is 72.8 Å². The molecule has 12 heteroatoms. The molecule has 0 N–H and O–H groups in total. The number of benzene rings is 3. The molecule has 0 saturated heterocycles. The maximum atomic E-state index is 14.2. The van der Waals surface area contributed by atoms with Crippen LogP contribution in [0, 0.1) is 0 Å². The molecule has 0 amide bonds. The van der Waals surface area contributed by atoms with Crippen molar-refractivity contribution in [2.45, 2.75) is 78.6 Å². The Morgan fingerprint density at radius 1 is 0.634 bits per heavy atom. The Kier molecular flexibility index (Phi) is 9.31. The quantitative estimate of drug-likeness (QED) is 0.143. The molecule has 0 aliphatic carbocycles. The minimum atomic E-state index is -6.40. The molecular formula is C29H32F4O6S2. The Bertz CT molecular complexity index is 1350. The molecule has 41 heavy (non-hydrogen) atoms. The van der Waals surface area contributed by atoms with E-state index in [0.29, 0.717) is 11.5 Å². The van der Waals surface area contributed by atoms with Gasteiger partial charge in [0.2, 0.25) is 0 Å². The standard InChI is InChI=1S/C29H32F4O6S2/c1-26(2,3)38-21-9-15-24(16-10-21)40(25-17-11-22(12-18-25)39-27(4,5)6)23-13-7-20(8-14-23)37-19-28(30,29(31,32)33)41(34,35)36/h7-18H,19H2,1-6H3. The van der Waals surface area contributed by atoms with Gasteiger partial charge in [0.15, 0.2) is 14.7 Å². The maximum Gasteiger partial charge on any atom is 0.439 e. The van der Waals surface area contributed by atoms with Crippen LogP contribution in [0.5, 0.6) is 17.2 Å². The van der Waals surface area contributed by atoms with Crippen LogP contribution < -0.4 is 14.2 Å². The van der Waals surface area contributed by atoms with Gasteiger partial charge in [-0.2, -0.15) is 13.2 Å². The molecule has 0 aliphatic heterocycles. The molecular weight excluding hydrogens is 584 g/mol. The molecule has 3 rings (SSSR count). The Morgan fingerprint density at radius 3 is 1.22 bits per heavy atom. The maximum absolute atomic E-state index is 14.2. The first-order chi connectivity index (χ1) is 18.7. The first-order valence-electron chi connectivity index (χ1n) is 12.4. The van der Waals surface area contributed by atoms with Gasteiger partial charge in [-0.15, -0.1) is 0 Å². The van der Waals surface area contributed by atoms with Crippen molar-refractivity contribution in [2.75, 3.05) is 6.61 Å². The van der Waals surface area contributed by atoms with Crippen LogP contribution in [-0.2, 0) is 21.0 Å². The van der Waals surface area contributed by atoms with Gasteiger partial charge in [0.25, 0.3) is 0 Å². The summed E-state index contributed by atoms with van der Waals surface area (Å²) in [5.74, 6) is 1.11. The fourth-order valence-corrected chi connectivity index (χ4v) is 6.07. The van der Waals surface area contributed by atoms with Gasteiger partial charge in [-0.3, -0.25) is 0 Å². The SMILES string of the molecule is CC(C)(C)Oc1ccc([S+](c2ccc(OCC(F)(C(F)(F)F)S(=O)(=O)[O-])cc2)c2ccc(OC(C)(C)C)cc2)cc1. The van der Waals surface area contributed by atoms with Crippen molar-refractivity contribution in [2.24, 2.45) is 0 Å². The molecule has 1 atom stereocenters. The highest BCUT2D eigenvalue weighted by molar-refractivity contribution is 7.97. The molecule has 0 heterocycles. The second-order valence-electron chi connectivity index (χ2n) is 11.1. The molecule has 6 nitrogen and oxygen atoms in total. The van der Waals surface area contributed by atoms with E-state index in [2.05, 4.69) is 0 Å². The summed E-state index contributed by atoms with van der Waals surface area (Å²) in [4.78, 5) is 2.55. The van der Waals surface area contributed by atoms with Crippen LogP contribution in [0.1, 0.15) is 41.5 Å². The van der Waals surface area contributed by atoms with E-state index >= 15 is 0 Å². The van der Waals surface area contributed by atoms with E-state index in [0.717, 1.165) is 14.7 Å². The van der Waals surface area contributed by atoms with E-state index in [4.69, 9.17) is 14.2 Å². The van der Waals surface area contributed by atoms with Gasteiger partial charge >= 0.3 is 11.2 Å². The summed E-state index contributed by atoms with van der Waals surface area (Å²) in [6.07, 6.45) is -5.97. The molecule has 0 radical (unpaired) electrons. The molecule has 0 fully saturated rings. The Hall–Kier alpha value is -2.96. The van der Waals surface area contributed by atoms with Gasteiger partial charge in [-0.05, 0) is 114 Å². The van der Waals surface area contributed by atoms with Crippen LogP contribution in [-0.4, -0.2) is 42.0 Å². The molecule has 0 aromatic heterocycles. The predicted octanol–water partition coefficient (Wildman–Crippen LogP) is 7.29. The van der Waals surface area contributed by atoms with Gasteiger partial charge < -0.3 is 18.8 Å². The van der Waals surface area contributed by atoms with Gasteiger partial charge in [0.1, 0.15) is 45.2 Å². The van der Waals surface area contributed by atoms with Crippen molar-refractivity contribution in [1.29, 1.82) is 0 Å². The number of alkyl halides is 4. The average molecular weight is 617 g/mol. The number of ether oxygens (including phenoxy) is 3. The lowest BCUT2D eigenvalue weighted by Gasteiger charge is -2.29. The summed E-state index contributed by atoms with van der Waals surface area (Å²) in [5, 5.41) is -5.09. The minimum absolute atomic E-state index is 0.241. The first kappa shape index (κ1) is 32.6. The second kappa shape index (κ2) is 11.7. The second-order valence-corrected chi connectivity index (χ2v) is 14.7. The fraction of sp³-hybridized carbons (Fsp3) is 0.379. The Morgan fingerprint density at radius 2 is 0.951 bits per heavy atom. The monoisotopic (exact) mass is 616 g/mol. The van der Waals surface area contributed by atoms with Gasteiger partial charge in [0, 0.05) is 0 Å². The topological polar surface area (TPSA) is 84.9 Å². The van der Waals surface area contributed by atoms with Gasteiger partial charge in [0.05, 0.1) is 10.9 Å². The van der Waals surface area contributed by atoms with E-state index in [1.54, 1.807) is 12.1 Å². The zero-order chi connectivity index (χ0) is 30.9. The van der Waals surface area contributed by atoms with Crippen molar-refractivity contribution in [3.8, 4) is 17.2 Å². The smallest absolute Gasteiger partial charge is 0.439 e. The predicted molar refractivity (Wildman–Crippen MR) is 147 cm³/mol. The van der Waals surface area contributed by atoms with E-state index in [1.807, 2.05) is 90.1 Å². The molecule has 1 unspecified atom stereocenters. The van der Waals surface area contributed by atoms with Gasteiger partial charge in [-0.25, -0.2) is 12.8 Å². The third-order valence-corrected chi connectivity index (χ3v) is 8.64. The molecule has 0 spiro atoms. The first-order valence-corrected chi connectivity index (χ1v) is 15.1. The summed E-state index contributed by atoms with van der Waals surface area (Å²) >= 11 is 0. The van der Waals surface area contributed by atoms with Crippen molar-refractivity contribution < 1.29 is 44.7 Å². The average Bonchev–Trinajstić information content (AvgIpc) is 2.82. The van der Waals surface area contributed by atoms with Crippen molar-refractivity contribution >= 4 is 21.0 Å². The third kappa shape index (κ3) is 8.52. The highest BCUT2D eigenvalue weighted by atomic mass is 32.2. The molecule has 0 bridgehead atoms. The van der Waals surface area contributed by atoms with E-state index in [1.165, 1.54) is 12.1 Å². The summed E-state index contributed by atoms with van der Waals surface area (Å²) in [6.45, 7) is 9.58. The van der Waals surface area contributed by atoms with Crippen LogP contribution in [0.15, 0.2) is 87.5 Å². The molecule has 3 aromatic rings. The zero-order valence-electron chi connectivity index (χ0n) is 23.4. The lowest BCUT2D eigenvalue weighted by molar-refractivity contribution is -0.207. The summed E-state index contributed by atoms with van der Waals surface area (Å²) in [6, 6.07) is 20.8. The number of rotatable bonds is 9. The number of hydrogen-bond acceptors (Lipinski definition) is 6. The van der Waals surface area contributed by atoms with E-state index in [9.17, 15) is 30.5 Å².